The topological polar surface area (TPSA) is 90.4 Å². The van der Waals surface area contributed by atoms with E-state index in [1.165, 1.54) is 0 Å². The number of pyridine rings is 3. The van der Waals surface area contributed by atoms with Crippen molar-refractivity contribution in [1.82, 2.24) is 24.8 Å². The lowest BCUT2D eigenvalue weighted by Gasteiger charge is -2.33. The summed E-state index contributed by atoms with van der Waals surface area (Å²) in [6, 6.07) is 7.46. The quantitative estimate of drug-likeness (QED) is 0.472. The van der Waals surface area contributed by atoms with Crippen molar-refractivity contribution < 1.29 is 4.79 Å². The highest BCUT2D eigenvalue weighted by Gasteiger charge is 2.17. The molecule has 0 unspecified atom stereocenters. The Morgan fingerprint density at radius 3 is 2.59 bits per heavy atom. The summed E-state index contributed by atoms with van der Waals surface area (Å²) in [5.41, 5.74) is 2.30. The van der Waals surface area contributed by atoms with Gasteiger partial charge in [0.25, 0.3) is 5.91 Å². The Morgan fingerprint density at radius 2 is 1.82 bits per heavy atom. The normalized spacial score (nSPS) is 14.4. The van der Waals surface area contributed by atoms with Crippen LogP contribution in [0.5, 0.6) is 0 Å². The minimum absolute atomic E-state index is 0.216. The number of anilines is 3. The van der Waals surface area contributed by atoms with Gasteiger partial charge in [-0.25, -0.2) is 15.0 Å². The summed E-state index contributed by atoms with van der Waals surface area (Å²) in [5.74, 6) is 1.09. The molecule has 1 aliphatic rings. The molecule has 5 heterocycles. The summed E-state index contributed by atoms with van der Waals surface area (Å²) in [5, 5.41) is 4.75. The van der Waals surface area contributed by atoms with Crippen molar-refractivity contribution >= 4 is 44.9 Å². The third-order valence-electron chi connectivity index (χ3n) is 5.80. The number of carbonyl (C=O) groups excluding carboxylic acids is 1. The minimum Gasteiger partial charge on any atom is -0.354 e. The molecule has 0 aromatic carbocycles. The van der Waals surface area contributed by atoms with Gasteiger partial charge in [-0.05, 0) is 31.3 Å². The first kappa shape index (κ1) is 22.2. The monoisotopic (exact) mass is 474 g/mol. The van der Waals surface area contributed by atoms with E-state index in [0.29, 0.717) is 11.4 Å². The van der Waals surface area contributed by atoms with Gasteiger partial charge in [0.1, 0.15) is 11.6 Å². The third kappa shape index (κ3) is 4.68. The molecule has 5 rings (SSSR count). The predicted molar refractivity (Wildman–Crippen MR) is 137 cm³/mol. The van der Waals surface area contributed by atoms with Crippen molar-refractivity contribution in [2.75, 3.05) is 62.4 Å². The Bertz CT molecular complexity index is 1330. The highest BCUT2D eigenvalue weighted by Crippen LogP contribution is 2.31. The van der Waals surface area contributed by atoms with Crippen LogP contribution in [0.1, 0.15) is 10.4 Å². The number of likely N-dealkylation sites (N-methyl/N-ethyl adjacent to an activating group) is 1. The van der Waals surface area contributed by atoms with Crippen LogP contribution in [0.15, 0.2) is 49.1 Å². The van der Waals surface area contributed by atoms with Crippen LogP contribution in [0.2, 0.25) is 0 Å². The average Bonchev–Trinajstić information content (AvgIpc) is 3.35. The average molecular weight is 475 g/mol. The summed E-state index contributed by atoms with van der Waals surface area (Å²) < 4.78 is 0. The highest BCUT2D eigenvalue weighted by molar-refractivity contribution is 7.18. The van der Waals surface area contributed by atoms with Gasteiger partial charge in [-0.15, -0.1) is 0 Å². The molecule has 4 aromatic rings. The number of carbonyl (C=O) groups is 1. The fourth-order valence-corrected chi connectivity index (χ4v) is 4.62. The number of hydrogen-bond acceptors (Lipinski definition) is 9. The molecule has 174 valence electrons. The Morgan fingerprint density at radius 1 is 1.00 bits per heavy atom. The molecule has 4 aromatic heterocycles. The number of piperazine rings is 1. The van der Waals surface area contributed by atoms with Crippen LogP contribution < -0.4 is 15.1 Å². The molecule has 9 nitrogen and oxygen atoms in total. The van der Waals surface area contributed by atoms with E-state index in [2.05, 4.69) is 42.1 Å². The molecular weight excluding hydrogens is 448 g/mol. The maximum atomic E-state index is 13.0. The SMILES string of the molecule is CN1CCN(c2cc(C(=O)Nc3cc4cc(-c5cnc(N(C)C)s5)cnc4cn3)ccn2)CC1. The van der Waals surface area contributed by atoms with Crippen LogP contribution in [0.25, 0.3) is 21.3 Å². The Labute approximate surface area is 202 Å². The highest BCUT2D eigenvalue weighted by atomic mass is 32.1. The smallest absolute Gasteiger partial charge is 0.257 e. The van der Waals surface area contributed by atoms with Gasteiger partial charge in [-0.2, -0.15) is 0 Å². The van der Waals surface area contributed by atoms with Gasteiger partial charge < -0.3 is 20.0 Å². The van der Waals surface area contributed by atoms with Gasteiger partial charge >= 0.3 is 0 Å². The molecular formula is C24H26N8OS. The van der Waals surface area contributed by atoms with E-state index in [0.717, 1.165) is 58.5 Å². The molecule has 1 saturated heterocycles. The Balaban J connectivity index is 1.35. The lowest BCUT2D eigenvalue weighted by molar-refractivity contribution is 0.102. The number of nitrogens with zero attached hydrogens (tertiary/aromatic N) is 7. The molecule has 0 aliphatic carbocycles. The fraction of sp³-hybridized carbons (Fsp3) is 0.292. The second-order valence-electron chi connectivity index (χ2n) is 8.53. The molecule has 0 spiro atoms. The van der Waals surface area contributed by atoms with Crippen LogP contribution in [0.3, 0.4) is 0 Å². The van der Waals surface area contributed by atoms with Crippen molar-refractivity contribution in [3.8, 4) is 10.4 Å². The van der Waals surface area contributed by atoms with Gasteiger partial charge in [0, 0.05) is 75.4 Å². The maximum Gasteiger partial charge on any atom is 0.257 e. The first-order chi connectivity index (χ1) is 16.5. The number of rotatable bonds is 5. The lowest BCUT2D eigenvalue weighted by atomic mass is 10.2. The third-order valence-corrected chi connectivity index (χ3v) is 7.02. The van der Waals surface area contributed by atoms with Gasteiger partial charge in [-0.3, -0.25) is 9.78 Å². The lowest BCUT2D eigenvalue weighted by Crippen LogP contribution is -2.44. The number of nitrogens with one attached hydrogen (secondary N) is 1. The van der Waals surface area contributed by atoms with Crippen molar-refractivity contribution in [1.29, 1.82) is 0 Å². The molecule has 0 bridgehead atoms. The molecule has 1 fully saturated rings. The first-order valence-electron chi connectivity index (χ1n) is 11.1. The maximum absolute atomic E-state index is 13.0. The number of thiazole rings is 1. The molecule has 10 heteroatoms. The van der Waals surface area contributed by atoms with E-state index in [9.17, 15) is 4.79 Å². The van der Waals surface area contributed by atoms with E-state index in [4.69, 9.17) is 0 Å². The van der Waals surface area contributed by atoms with Gasteiger partial charge in [-0.1, -0.05) is 11.3 Å². The van der Waals surface area contributed by atoms with Crippen molar-refractivity contribution in [3.63, 3.8) is 0 Å². The Kier molecular flexibility index (Phi) is 6.08. The molecule has 1 aliphatic heterocycles. The number of aromatic nitrogens is 4. The van der Waals surface area contributed by atoms with Crippen molar-refractivity contribution in [3.05, 3.63) is 54.6 Å². The Hall–Kier alpha value is -3.63. The standard InChI is InChI=1S/C24H26N8OS/c1-30(2)24-28-15-20(34-24)18-10-17-11-21(27-14-19(17)26-13-18)29-23(33)16-4-5-25-22(12-16)32-8-6-31(3)7-9-32/h4-5,10-15H,6-9H2,1-3H3,(H,27,29,33). The van der Waals surface area contributed by atoms with Crippen LogP contribution in [0, 0.1) is 0 Å². The second kappa shape index (κ2) is 9.32. The molecule has 1 N–H and O–H groups in total. The van der Waals surface area contributed by atoms with Crippen LogP contribution in [0.4, 0.5) is 16.8 Å². The van der Waals surface area contributed by atoms with Crippen molar-refractivity contribution in [2.45, 2.75) is 0 Å². The van der Waals surface area contributed by atoms with E-state index >= 15 is 0 Å². The zero-order chi connectivity index (χ0) is 23.7. The van der Waals surface area contributed by atoms with Gasteiger partial charge in [0.15, 0.2) is 5.13 Å². The summed E-state index contributed by atoms with van der Waals surface area (Å²) >= 11 is 1.60. The first-order valence-corrected chi connectivity index (χ1v) is 11.9. The number of fused-ring (bicyclic) bond motifs is 1. The molecule has 0 radical (unpaired) electrons. The fourth-order valence-electron chi connectivity index (χ4n) is 3.80. The van der Waals surface area contributed by atoms with Crippen LogP contribution in [-0.2, 0) is 0 Å². The molecule has 34 heavy (non-hydrogen) atoms. The summed E-state index contributed by atoms with van der Waals surface area (Å²) in [6.45, 7) is 3.75. The van der Waals surface area contributed by atoms with E-state index in [1.54, 1.807) is 29.8 Å². The number of amides is 1. The zero-order valence-electron chi connectivity index (χ0n) is 19.4. The zero-order valence-corrected chi connectivity index (χ0v) is 20.2. The predicted octanol–water partition coefficient (Wildman–Crippen LogP) is 3.22. The number of hydrogen-bond donors (Lipinski definition) is 1. The second-order valence-corrected chi connectivity index (χ2v) is 9.54. The molecule has 0 atom stereocenters. The van der Waals surface area contributed by atoms with Gasteiger partial charge in [0.2, 0.25) is 0 Å². The van der Waals surface area contributed by atoms with Gasteiger partial charge in [0.05, 0.1) is 16.6 Å². The summed E-state index contributed by atoms with van der Waals surface area (Å²) in [7, 11) is 6.06. The van der Waals surface area contributed by atoms with E-state index in [-0.39, 0.29) is 5.91 Å². The summed E-state index contributed by atoms with van der Waals surface area (Å²) in [6.07, 6.45) is 7.04. The van der Waals surface area contributed by atoms with E-state index in [1.807, 2.05) is 49.6 Å². The molecule has 0 saturated carbocycles. The minimum atomic E-state index is -0.216. The van der Waals surface area contributed by atoms with E-state index < -0.39 is 0 Å². The van der Waals surface area contributed by atoms with Crippen LogP contribution >= 0.6 is 11.3 Å². The van der Waals surface area contributed by atoms with Crippen molar-refractivity contribution in [2.24, 2.45) is 0 Å². The largest absolute Gasteiger partial charge is 0.354 e. The molecule has 1 amide bonds. The summed E-state index contributed by atoms with van der Waals surface area (Å²) in [4.78, 5) is 38.3. The van der Waals surface area contributed by atoms with Crippen LogP contribution in [-0.4, -0.2) is 78.1 Å².